The number of rotatable bonds is 5. The number of benzene rings is 2. The van der Waals surface area contributed by atoms with Crippen LogP contribution in [0.5, 0.6) is 5.75 Å². The molecule has 1 fully saturated rings. The third kappa shape index (κ3) is 3.69. The molecule has 0 saturated carbocycles. The van der Waals surface area contributed by atoms with E-state index in [4.69, 9.17) is 4.74 Å². The second-order valence-electron chi connectivity index (χ2n) is 7.10. The third-order valence-corrected chi connectivity index (χ3v) is 5.10. The summed E-state index contributed by atoms with van der Waals surface area (Å²) in [4.78, 5) is 14.8. The number of ether oxygens (including phenoxy) is 1. The van der Waals surface area contributed by atoms with Gasteiger partial charge in [-0.25, -0.2) is 5.43 Å². The van der Waals surface area contributed by atoms with E-state index in [1.54, 1.807) is 0 Å². The number of hydrazine groups is 1. The fourth-order valence-corrected chi connectivity index (χ4v) is 3.75. The van der Waals surface area contributed by atoms with E-state index in [1.807, 2.05) is 47.4 Å². The van der Waals surface area contributed by atoms with Gasteiger partial charge in [-0.15, -0.1) is 0 Å². The molecule has 2 aliphatic heterocycles. The Bertz CT molecular complexity index is 847. The Morgan fingerprint density at radius 3 is 2.70 bits per heavy atom. The van der Waals surface area contributed by atoms with Crippen molar-refractivity contribution in [2.45, 2.75) is 38.9 Å². The minimum absolute atomic E-state index is 0.123. The van der Waals surface area contributed by atoms with Gasteiger partial charge in [-0.3, -0.25) is 4.79 Å². The molecule has 2 aromatic rings. The molecule has 1 N–H and O–H groups in total. The summed E-state index contributed by atoms with van der Waals surface area (Å²) in [6.07, 6.45) is 4.59. The lowest BCUT2D eigenvalue weighted by atomic mass is 10.0. The number of fused-ring (bicyclic) bond motifs is 1. The highest BCUT2D eigenvalue weighted by molar-refractivity contribution is 5.84. The van der Waals surface area contributed by atoms with Gasteiger partial charge in [0.25, 0.3) is 5.91 Å². The first kappa shape index (κ1) is 17.6. The van der Waals surface area contributed by atoms with Crippen LogP contribution in [0.2, 0.25) is 0 Å². The first-order chi connectivity index (χ1) is 13.1. The lowest BCUT2D eigenvalue weighted by Crippen LogP contribution is -2.47. The number of nitrogens with one attached hydrogen (secondary N) is 1. The fourth-order valence-electron chi connectivity index (χ4n) is 3.75. The Morgan fingerprint density at radius 2 is 1.96 bits per heavy atom. The SMILES string of the molecule is CCOc1ccc(C2CC3C(=O)N(Cc4cccc(C)c4)C=CN3N2)cc1. The van der Waals surface area contributed by atoms with E-state index in [0.717, 1.165) is 17.7 Å². The summed E-state index contributed by atoms with van der Waals surface area (Å²) in [5.41, 5.74) is 6.97. The Balaban J connectivity index is 1.45. The van der Waals surface area contributed by atoms with Crippen molar-refractivity contribution in [2.75, 3.05) is 6.61 Å². The van der Waals surface area contributed by atoms with Gasteiger partial charge >= 0.3 is 0 Å². The van der Waals surface area contributed by atoms with Crippen molar-refractivity contribution < 1.29 is 9.53 Å². The molecule has 0 spiro atoms. The number of carbonyl (C=O) groups is 1. The van der Waals surface area contributed by atoms with Gasteiger partial charge in [0.15, 0.2) is 0 Å². The highest BCUT2D eigenvalue weighted by Gasteiger charge is 2.39. The predicted octanol–water partition coefficient (Wildman–Crippen LogP) is 3.53. The van der Waals surface area contributed by atoms with E-state index < -0.39 is 0 Å². The average molecular weight is 363 g/mol. The van der Waals surface area contributed by atoms with Crippen LogP contribution < -0.4 is 10.2 Å². The van der Waals surface area contributed by atoms with Crippen molar-refractivity contribution in [1.82, 2.24) is 15.3 Å². The largest absolute Gasteiger partial charge is 0.494 e. The Kier molecular flexibility index (Phi) is 4.86. The van der Waals surface area contributed by atoms with Gasteiger partial charge < -0.3 is 14.6 Å². The van der Waals surface area contributed by atoms with Gasteiger partial charge in [-0.2, -0.15) is 0 Å². The first-order valence-electron chi connectivity index (χ1n) is 9.45. The zero-order chi connectivity index (χ0) is 18.8. The number of carbonyl (C=O) groups excluding carboxylic acids is 1. The molecule has 1 saturated heterocycles. The molecule has 0 radical (unpaired) electrons. The first-order valence-corrected chi connectivity index (χ1v) is 9.45. The summed E-state index contributed by atoms with van der Waals surface area (Å²) in [6, 6.07) is 16.4. The molecule has 2 aliphatic rings. The minimum atomic E-state index is -0.170. The number of hydrogen-bond donors (Lipinski definition) is 1. The molecule has 1 amide bonds. The van der Waals surface area contributed by atoms with Gasteiger partial charge in [0.2, 0.25) is 0 Å². The van der Waals surface area contributed by atoms with Crippen LogP contribution in [0.1, 0.15) is 36.1 Å². The van der Waals surface area contributed by atoms with E-state index in [1.165, 1.54) is 11.1 Å². The summed E-state index contributed by atoms with van der Waals surface area (Å²) in [5, 5.41) is 1.94. The minimum Gasteiger partial charge on any atom is -0.494 e. The predicted molar refractivity (Wildman–Crippen MR) is 105 cm³/mol. The summed E-state index contributed by atoms with van der Waals surface area (Å²) in [7, 11) is 0. The maximum Gasteiger partial charge on any atom is 0.251 e. The normalized spacial score (nSPS) is 21.5. The molecular formula is C22H25N3O2. The van der Waals surface area contributed by atoms with Crippen molar-refractivity contribution in [1.29, 1.82) is 0 Å². The summed E-state index contributed by atoms with van der Waals surface area (Å²) < 4.78 is 5.51. The zero-order valence-corrected chi connectivity index (χ0v) is 15.8. The van der Waals surface area contributed by atoms with E-state index in [9.17, 15) is 4.79 Å². The molecule has 5 nitrogen and oxygen atoms in total. The fraction of sp³-hybridized carbons (Fsp3) is 0.318. The number of aryl methyl sites for hydroxylation is 1. The molecular weight excluding hydrogens is 338 g/mol. The Labute approximate surface area is 160 Å². The highest BCUT2D eigenvalue weighted by Crippen LogP contribution is 2.32. The number of amides is 1. The zero-order valence-electron chi connectivity index (χ0n) is 15.8. The maximum atomic E-state index is 13.0. The standard InChI is InChI=1S/C22H25N3O2/c1-3-27-19-9-7-18(8-10-19)20-14-21-22(26)24(11-12-25(21)23-20)15-17-6-4-5-16(2)13-17/h4-13,20-21,23H,3,14-15H2,1-2H3. The van der Waals surface area contributed by atoms with Crippen LogP contribution in [0.25, 0.3) is 0 Å². The average Bonchev–Trinajstić information content (AvgIpc) is 3.10. The van der Waals surface area contributed by atoms with Crippen LogP contribution in [-0.4, -0.2) is 28.5 Å². The summed E-state index contributed by atoms with van der Waals surface area (Å²) in [5.74, 6) is 1.01. The van der Waals surface area contributed by atoms with Gasteiger partial charge in [-0.05, 0) is 43.5 Å². The molecule has 2 atom stereocenters. The molecule has 140 valence electrons. The van der Waals surface area contributed by atoms with Crippen LogP contribution in [0.4, 0.5) is 0 Å². The molecule has 4 rings (SSSR count). The smallest absolute Gasteiger partial charge is 0.251 e. The van der Waals surface area contributed by atoms with Gasteiger partial charge in [0.05, 0.1) is 19.2 Å². The van der Waals surface area contributed by atoms with E-state index in [2.05, 4.69) is 42.7 Å². The van der Waals surface area contributed by atoms with Crippen LogP contribution in [-0.2, 0) is 11.3 Å². The second kappa shape index (κ2) is 7.45. The maximum absolute atomic E-state index is 13.0. The van der Waals surface area contributed by atoms with Gasteiger partial charge in [0.1, 0.15) is 11.8 Å². The van der Waals surface area contributed by atoms with Gasteiger partial charge in [0, 0.05) is 12.4 Å². The summed E-state index contributed by atoms with van der Waals surface area (Å²) in [6.45, 7) is 5.31. The van der Waals surface area contributed by atoms with Crippen molar-refractivity contribution in [3.05, 3.63) is 77.6 Å². The summed E-state index contributed by atoms with van der Waals surface area (Å²) >= 11 is 0. The lowest BCUT2D eigenvalue weighted by Gasteiger charge is -2.31. The molecule has 0 bridgehead atoms. The Hall–Kier alpha value is -2.79. The van der Waals surface area contributed by atoms with Crippen molar-refractivity contribution in [2.24, 2.45) is 0 Å². The molecule has 5 heteroatoms. The molecule has 0 aromatic heterocycles. The van der Waals surface area contributed by atoms with E-state index in [0.29, 0.717) is 13.2 Å². The van der Waals surface area contributed by atoms with Crippen molar-refractivity contribution in [3.63, 3.8) is 0 Å². The quantitative estimate of drug-likeness (QED) is 0.883. The van der Waals surface area contributed by atoms with Gasteiger partial charge in [-0.1, -0.05) is 42.0 Å². The van der Waals surface area contributed by atoms with Crippen molar-refractivity contribution >= 4 is 5.91 Å². The van der Waals surface area contributed by atoms with Crippen molar-refractivity contribution in [3.8, 4) is 5.75 Å². The monoisotopic (exact) mass is 363 g/mol. The molecule has 0 aliphatic carbocycles. The van der Waals surface area contributed by atoms with E-state index in [-0.39, 0.29) is 18.0 Å². The molecule has 2 aromatic carbocycles. The molecule has 2 unspecified atom stereocenters. The van der Waals surface area contributed by atoms with Crippen LogP contribution >= 0.6 is 0 Å². The number of hydrogen-bond acceptors (Lipinski definition) is 4. The topological polar surface area (TPSA) is 44.8 Å². The molecule has 27 heavy (non-hydrogen) atoms. The lowest BCUT2D eigenvalue weighted by molar-refractivity contribution is -0.134. The van der Waals surface area contributed by atoms with Crippen LogP contribution in [0.15, 0.2) is 60.9 Å². The van der Waals surface area contributed by atoms with Crippen LogP contribution in [0.3, 0.4) is 0 Å². The third-order valence-electron chi connectivity index (χ3n) is 5.10. The highest BCUT2D eigenvalue weighted by atomic mass is 16.5. The Morgan fingerprint density at radius 1 is 1.15 bits per heavy atom. The molecule has 2 heterocycles. The second-order valence-corrected chi connectivity index (χ2v) is 7.10. The number of nitrogens with zero attached hydrogens (tertiary/aromatic N) is 2. The van der Waals surface area contributed by atoms with Crippen LogP contribution in [0, 0.1) is 6.92 Å². The van der Waals surface area contributed by atoms with E-state index >= 15 is 0 Å².